The molecule has 0 bridgehead atoms. The molecule has 1 heterocycles. The standard InChI is InChI=1S/C13H16O3/c1-2-3-6-15-12-5-4-10(13-9-16-13)7-11(12)8-14/h4-5,7-8,13H,2-3,6,9H2,1H3/t13-/m0/s1. The first-order valence-electron chi connectivity index (χ1n) is 5.68. The van der Waals surface area contributed by atoms with Crippen LogP contribution in [0.5, 0.6) is 5.75 Å². The number of epoxide rings is 1. The minimum atomic E-state index is 0.184. The largest absolute Gasteiger partial charge is 0.493 e. The molecule has 0 radical (unpaired) electrons. The number of hydrogen-bond donors (Lipinski definition) is 0. The van der Waals surface area contributed by atoms with Crippen LogP contribution >= 0.6 is 0 Å². The van der Waals surface area contributed by atoms with E-state index in [1.165, 1.54) is 0 Å². The fourth-order valence-corrected chi connectivity index (χ4v) is 1.56. The zero-order valence-corrected chi connectivity index (χ0v) is 9.44. The Hall–Kier alpha value is -1.35. The lowest BCUT2D eigenvalue weighted by atomic mass is 10.1. The highest BCUT2D eigenvalue weighted by Crippen LogP contribution is 2.32. The lowest BCUT2D eigenvalue weighted by Crippen LogP contribution is -2.00. The smallest absolute Gasteiger partial charge is 0.153 e. The maximum absolute atomic E-state index is 10.9. The Morgan fingerprint density at radius 3 is 3.00 bits per heavy atom. The molecule has 0 amide bonds. The molecule has 0 spiro atoms. The second kappa shape index (κ2) is 5.12. The van der Waals surface area contributed by atoms with Gasteiger partial charge in [-0.05, 0) is 24.1 Å². The van der Waals surface area contributed by atoms with Gasteiger partial charge in [0.2, 0.25) is 0 Å². The molecule has 0 unspecified atom stereocenters. The van der Waals surface area contributed by atoms with E-state index in [0.29, 0.717) is 17.9 Å². The van der Waals surface area contributed by atoms with Crippen LogP contribution in [0.2, 0.25) is 0 Å². The van der Waals surface area contributed by atoms with Crippen molar-refractivity contribution in [1.29, 1.82) is 0 Å². The number of aldehydes is 1. The van der Waals surface area contributed by atoms with Crippen molar-refractivity contribution >= 4 is 6.29 Å². The first-order chi connectivity index (χ1) is 7.85. The van der Waals surface area contributed by atoms with Crippen molar-refractivity contribution in [2.24, 2.45) is 0 Å². The van der Waals surface area contributed by atoms with Crippen molar-refractivity contribution in [1.82, 2.24) is 0 Å². The van der Waals surface area contributed by atoms with Gasteiger partial charge in [-0.3, -0.25) is 4.79 Å². The van der Waals surface area contributed by atoms with E-state index < -0.39 is 0 Å². The van der Waals surface area contributed by atoms with E-state index in [0.717, 1.165) is 31.3 Å². The van der Waals surface area contributed by atoms with Gasteiger partial charge in [-0.15, -0.1) is 0 Å². The number of ether oxygens (including phenoxy) is 2. The fourth-order valence-electron chi connectivity index (χ4n) is 1.56. The molecule has 1 aliphatic heterocycles. The van der Waals surface area contributed by atoms with Gasteiger partial charge in [0.1, 0.15) is 11.9 Å². The summed E-state index contributed by atoms with van der Waals surface area (Å²) in [5, 5.41) is 0. The molecule has 16 heavy (non-hydrogen) atoms. The first-order valence-corrected chi connectivity index (χ1v) is 5.68. The lowest BCUT2D eigenvalue weighted by Gasteiger charge is -2.08. The minimum Gasteiger partial charge on any atom is -0.493 e. The van der Waals surface area contributed by atoms with Gasteiger partial charge in [-0.2, -0.15) is 0 Å². The lowest BCUT2D eigenvalue weighted by molar-refractivity contribution is 0.111. The van der Waals surface area contributed by atoms with Crippen LogP contribution in [-0.4, -0.2) is 19.5 Å². The van der Waals surface area contributed by atoms with E-state index in [1.54, 1.807) is 0 Å². The van der Waals surface area contributed by atoms with Crippen LogP contribution in [0.3, 0.4) is 0 Å². The van der Waals surface area contributed by atoms with Crippen LogP contribution in [-0.2, 0) is 4.74 Å². The summed E-state index contributed by atoms with van der Waals surface area (Å²) in [6.07, 6.45) is 3.12. The molecule has 1 aromatic carbocycles. The normalized spacial score (nSPS) is 18.2. The SMILES string of the molecule is CCCCOc1ccc([C@@H]2CO2)cc1C=O. The Morgan fingerprint density at radius 1 is 1.56 bits per heavy atom. The summed E-state index contributed by atoms with van der Waals surface area (Å²) in [7, 11) is 0. The second-order valence-electron chi connectivity index (χ2n) is 3.94. The Bertz CT molecular complexity index is 369. The van der Waals surface area contributed by atoms with E-state index >= 15 is 0 Å². The van der Waals surface area contributed by atoms with Gasteiger partial charge in [0.15, 0.2) is 6.29 Å². The molecule has 1 aromatic rings. The third-order valence-electron chi connectivity index (χ3n) is 2.62. The average molecular weight is 220 g/mol. The van der Waals surface area contributed by atoms with Crippen molar-refractivity contribution in [2.75, 3.05) is 13.2 Å². The average Bonchev–Trinajstić information content (AvgIpc) is 3.13. The third kappa shape index (κ3) is 2.61. The molecular formula is C13H16O3. The van der Waals surface area contributed by atoms with Crippen molar-refractivity contribution < 1.29 is 14.3 Å². The van der Waals surface area contributed by atoms with E-state index in [2.05, 4.69) is 6.92 Å². The molecule has 1 saturated heterocycles. The maximum atomic E-state index is 10.9. The van der Waals surface area contributed by atoms with Gasteiger partial charge in [0.05, 0.1) is 18.8 Å². The number of rotatable bonds is 6. The van der Waals surface area contributed by atoms with E-state index in [4.69, 9.17) is 9.47 Å². The van der Waals surface area contributed by atoms with Gasteiger partial charge in [-0.25, -0.2) is 0 Å². The number of unbranched alkanes of at least 4 members (excludes halogenated alkanes) is 1. The fraction of sp³-hybridized carbons (Fsp3) is 0.462. The van der Waals surface area contributed by atoms with Crippen molar-refractivity contribution in [3.63, 3.8) is 0 Å². The number of hydrogen-bond acceptors (Lipinski definition) is 3. The first kappa shape index (κ1) is 11.1. The summed E-state index contributed by atoms with van der Waals surface area (Å²) in [6, 6.07) is 5.67. The summed E-state index contributed by atoms with van der Waals surface area (Å²) in [5.41, 5.74) is 1.68. The van der Waals surface area contributed by atoms with Gasteiger partial charge < -0.3 is 9.47 Å². The Labute approximate surface area is 95.4 Å². The summed E-state index contributed by atoms with van der Waals surface area (Å²) in [4.78, 5) is 10.9. The third-order valence-corrected chi connectivity index (χ3v) is 2.62. The topological polar surface area (TPSA) is 38.8 Å². The molecule has 2 rings (SSSR count). The summed E-state index contributed by atoms with van der Waals surface area (Å²) >= 11 is 0. The van der Waals surface area contributed by atoms with Crippen LogP contribution in [0.4, 0.5) is 0 Å². The van der Waals surface area contributed by atoms with Crippen molar-refractivity contribution in [2.45, 2.75) is 25.9 Å². The molecule has 0 aromatic heterocycles. The Kier molecular flexibility index (Phi) is 3.57. The highest BCUT2D eigenvalue weighted by Gasteiger charge is 2.25. The van der Waals surface area contributed by atoms with Crippen LogP contribution < -0.4 is 4.74 Å². The zero-order chi connectivity index (χ0) is 11.4. The van der Waals surface area contributed by atoms with Gasteiger partial charge in [0.25, 0.3) is 0 Å². The summed E-state index contributed by atoms with van der Waals surface area (Å²) in [5.74, 6) is 0.674. The van der Waals surface area contributed by atoms with Gasteiger partial charge in [0, 0.05) is 0 Å². The molecular weight excluding hydrogens is 204 g/mol. The van der Waals surface area contributed by atoms with Gasteiger partial charge >= 0.3 is 0 Å². The monoisotopic (exact) mass is 220 g/mol. The van der Waals surface area contributed by atoms with Crippen LogP contribution in [0.25, 0.3) is 0 Å². The highest BCUT2D eigenvalue weighted by molar-refractivity contribution is 5.79. The van der Waals surface area contributed by atoms with Crippen LogP contribution in [0.1, 0.15) is 41.8 Å². The predicted octanol–water partition coefficient (Wildman–Crippen LogP) is 2.75. The second-order valence-corrected chi connectivity index (χ2v) is 3.94. The number of benzene rings is 1. The maximum Gasteiger partial charge on any atom is 0.153 e. The zero-order valence-electron chi connectivity index (χ0n) is 9.44. The van der Waals surface area contributed by atoms with Crippen molar-refractivity contribution in [3.8, 4) is 5.75 Å². The molecule has 3 nitrogen and oxygen atoms in total. The predicted molar refractivity (Wildman–Crippen MR) is 60.9 cm³/mol. The number of carbonyl (C=O) groups is 1. The van der Waals surface area contributed by atoms with E-state index in [-0.39, 0.29) is 6.10 Å². The van der Waals surface area contributed by atoms with Gasteiger partial charge in [-0.1, -0.05) is 19.4 Å². The van der Waals surface area contributed by atoms with Crippen LogP contribution in [0.15, 0.2) is 18.2 Å². The van der Waals surface area contributed by atoms with Crippen LogP contribution in [0, 0.1) is 0 Å². The molecule has 1 atom stereocenters. The highest BCUT2D eigenvalue weighted by atomic mass is 16.6. The molecule has 3 heteroatoms. The Morgan fingerprint density at radius 2 is 2.38 bits per heavy atom. The quantitative estimate of drug-likeness (QED) is 0.420. The Balaban J connectivity index is 2.08. The molecule has 1 aliphatic rings. The number of carbonyl (C=O) groups excluding carboxylic acids is 1. The van der Waals surface area contributed by atoms with E-state index in [1.807, 2.05) is 18.2 Å². The molecule has 0 N–H and O–H groups in total. The molecule has 1 fully saturated rings. The summed E-state index contributed by atoms with van der Waals surface area (Å²) < 4.78 is 10.7. The van der Waals surface area contributed by atoms with Crippen molar-refractivity contribution in [3.05, 3.63) is 29.3 Å². The van der Waals surface area contributed by atoms with E-state index in [9.17, 15) is 4.79 Å². The molecule has 0 saturated carbocycles. The summed E-state index contributed by atoms with van der Waals surface area (Å²) in [6.45, 7) is 3.53. The molecule has 86 valence electrons. The molecule has 0 aliphatic carbocycles. The minimum absolute atomic E-state index is 0.184.